The number of hydrogen-bond donors (Lipinski definition) is 3. The van der Waals surface area contributed by atoms with E-state index in [1.807, 2.05) is 6.92 Å². The average molecular weight is 393 g/mol. The van der Waals surface area contributed by atoms with Gasteiger partial charge < -0.3 is 26.1 Å². The first-order valence-corrected chi connectivity index (χ1v) is 9.15. The Bertz CT molecular complexity index is 879. The molecule has 0 amide bonds. The average Bonchev–Trinajstić information content (AvgIpc) is 3.25. The smallest absolute Gasteiger partial charge is 0.266 e. The molecule has 3 aliphatic rings. The highest BCUT2D eigenvalue weighted by Gasteiger charge is 2.41. The maximum absolute atomic E-state index is 14.2. The summed E-state index contributed by atoms with van der Waals surface area (Å²) in [6.45, 7) is 1.73. The zero-order valence-corrected chi connectivity index (χ0v) is 15.4. The van der Waals surface area contributed by atoms with E-state index in [1.54, 1.807) is 6.08 Å². The van der Waals surface area contributed by atoms with Gasteiger partial charge in [0, 0.05) is 30.3 Å². The predicted molar refractivity (Wildman–Crippen MR) is 101 cm³/mol. The second-order valence-electron chi connectivity index (χ2n) is 7.78. The standard InChI is InChI=1S/C19H22F3N5O/c1-18(2-3-18)28-15-6-11(13(23)7-12(15)20)17(24)14-8-16(26-10-25-14)27-5-4-19(21,22)9-27/h6-8,10,14,24H,2-5,9,23H2,1H3,(H,25,26). The zero-order chi connectivity index (χ0) is 20.1. The number of nitrogens with zero attached hydrogens (tertiary/aromatic N) is 2. The van der Waals surface area contributed by atoms with Gasteiger partial charge in [0.05, 0.1) is 18.6 Å². The van der Waals surface area contributed by atoms with Crippen molar-refractivity contribution in [2.24, 2.45) is 4.99 Å². The van der Waals surface area contributed by atoms with Crippen LogP contribution in [0.4, 0.5) is 18.9 Å². The molecule has 6 nitrogen and oxygen atoms in total. The number of ether oxygens (including phenoxy) is 1. The van der Waals surface area contributed by atoms with Crippen LogP contribution in [0.1, 0.15) is 31.7 Å². The highest BCUT2D eigenvalue weighted by Crippen LogP contribution is 2.41. The van der Waals surface area contributed by atoms with E-state index < -0.39 is 17.8 Å². The van der Waals surface area contributed by atoms with E-state index in [2.05, 4.69) is 10.3 Å². The molecule has 4 N–H and O–H groups in total. The van der Waals surface area contributed by atoms with Crippen LogP contribution < -0.4 is 15.8 Å². The lowest BCUT2D eigenvalue weighted by Gasteiger charge is -2.26. The number of nitrogens with two attached hydrogens (primary N) is 1. The molecule has 1 unspecified atom stereocenters. The SMILES string of the molecule is CC1(Oc2cc(C(=N)C3C=C(N4CCC(F)(F)C4)NC=N3)c(N)cc2F)CC1. The fourth-order valence-corrected chi connectivity index (χ4v) is 3.30. The van der Waals surface area contributed by atoms with E-state index in [0.29, 0.717) is 11.4 Å². The van der Waals surface area contributed by atoms with Gasteiger partial charge in [-0.15, -0.1) is 0 Å². The molecule has 0 radical (unpaired) electrons. The van der Waals surface area contributed by atoms with Gasteiger partial charge in [0.1, 0.15) is 17.5 Å². The zero-order valence-electron chi connectivity index (χ0n) is 15.4. The van der Waals surface area contributed by atoms with E-state index >= 15 is 0 Å². The molecule has 2 fully saturated rings. The molecule has 1 aromatic rings. The molecular formula is C19H22F3N5O. The van der Waals surface area contributed by atoms with Crippen molar-refractivity contribution in [2.45, 2.75) is 43.8 Å². The van der Waals surface area contributed by atoms with Gasteiger partial charge in [-0.3, -0.25) is 4.99 Å². The number of hydrogen-bond acceptors (Lipinski definition) is 6. The molecule has 4 rings (SSSR count). The lowest BCUT2D eigenvalue weighted by molar-refractivity contribution is 0.0148. The van der Waals surface area contributed by atoms with Gasteiger partial charge in [0.25, 0.3) is 5.92 Å². The van der Waals surface area contributed by atoms with Gasteiger partial charge in [-0.1, -0.05) is 0 Å². The largest absolute Gasteiger partial charge is 0.484 e. The predicted octanol–water partition coefficient (Wildman–Crippen LogP) is 2.89. The summed E-state index contributed by atoms with van der Waals surface area (Å²) in [5.41, 5.74) is 6.02. The molecule has 1 saturated carbocycles. The molecule has 1 atom stereocenters. The van der Waals surface area contributed by atoms with Crippen molar-refractivity contribution in [3.05, 3.63) is 35.4 Å². The Balaban J connectivity index is 1.57. The fourth-order valence-electron chi connectivity index (χ4n) is 3.30. The van der Waals surface area contributed by atoms with E-state index in [4.69, 9.17) is 15.9 Å². The molecule has 1 aromatic carbocycles. The van der Waals surface area contributed by atoms with Crippen molar-refractivity contribution in [1.29, 1.82) is 5.41 Å². The summed E-state index contributed by atoms with van der Waals surface area (Å²) in [6, 6.07) is 1.84. The van der Waals surface area contributed by atoms with Crippen LogP contribution in [0, 0.1) is 11.2 Å². The van der Waals surface area contributed by atoms with Gasteiger partial charge in [0.15, 0.2) is 11.6 Å². The minimum Gasteiger partial charge on any atom is -0.484 e. The second kappa shape index (κ2) is 6.42. The number of benzene rings is 1. The number of anilines is 1. The fraction of sp³-hybridized carbons (Fsp3) is 0.474. The van der Waals surface area contributed by atoms with Gasteiger partial charge in [-0.25, -0.2) is 13.2 Å². The molecule has 0 bridgehead atoms. The van der Waals surface area contributed by atoms with E-state index in [1.165, 1.54) is 17.3 Å². The summed E-state index contributed by atoms with van der Waals surface area (Å²) in [6.07, 6.45) is 4.46. The number of halogens is 3. The first kappa shape index (κ1) is 18.6. The third-order valence-electron chi connectivity index (χ3n) is 5.27. The van der Waals surface area contributed by atoms with E-state index in [-0.39, 0.29) is 42.3 Å². The summed E-state index contributed by atoms with van der Waals surface area (Å²) in [5, 5.41) is 11.4. The van der Waals surface area contributed by atoms with Gasteiger partial charge >= 0.3 is 0 Å². The number of alkyl halides is 2. The van der Waals surface area contributed by atoms with Crippen LogP contribution in [0.15, 0.2) is 29.0 Å². The molecule has 0 aromatic heterocycles. The monoisotopic (exact) mass is 393 g/mol. The van der Waals surface area contributed by atoms with Crippen LogP contribution in [0.5, 0.6) is 5.75 Å². The maximum atomic E-state index is 14.2. The third-order valence-corrected chi connectivity index (χ3v) is 5.27. The summed E-state index contributed by atoms with van der Waals surface area (Å²) in [7, 11) is 0. The van der Waals surface area contributed by atoms with Crippen molar-refractivity contribution in [3.63, 3.8) is 0 Å². The van der Waals surface area contributed by atoms with Gasteiger partial charge in [-0.05, 0) is 31.9 Å². The van der Waals surface area contributed by atoms with Crippen LogP contribution in [0.3, 0.4) is 0 Å². The minimum atomic E-state index is -2.73. The molecule has 2 heterocycles. The Morgan fingerprint density at radius 3 is 2.75 bits per heavy atom. The summed E-state index contributed by atoms with van der Waals surface area (Å²) in [4.78, 5) is 5.73. The van der Waals surface area contributed by atoms with Gasteiger partial charge in [-0.2, -0.15) is 0 Å². The van der Waals surface area contributed by atoms with Crippen LogP contribution in [-0.4, -0.2) is 47.6 Å². The number of nitrogens with one attached hydrogen (secondary N) is 2. The first-order chi connectivity index (χ1) is 13.2. The highest BCUT2D eigenvalue weighted by atomic mass is 19.3. The second-order valence-corrected chi connectivity index (χ2v) is 7.78. The van der Waals surface area contributed by atoms with Crippen molar-refractivity contribution < 1.29 is 17.9 Å². The Kier molecular flexibility index (Phi) is 4.28. The van der Waals surface area contributed by atoms with Crippen LogP contribution in [0.25, 0.3) is 0 Å². The van der Waals surface area contributed by atoms with E-state index in [9.17, 15) is 13.2 Å². The Morgan fingerprint density at radius 2 is 2.11 bits per heavy atom. The highest BCUT2D eigenvalue weighted by molar-refractivity contribution is 6.08. The topological polar surface area (TPSA) is 86.7 Å². The molecule has 150 valence electrons. The third kappa shape index (κ3) is 3.65. The number of rotatable bonds is 5. The quantitative estimate of drug-likeness (QED) is 0.530. The Labute approximate surface area is 160 Å². The lowest BCUT2D eigenvalue weighted by Crippen LogP contribution is -2.36. The number of likely N-dealkylation sites (tertiary alicyclic amines) is 1. The molecular weight excluding hydrogens is 371 g/mol. The number of nitrogen functional groups attached to an aromatic ring is 1. The van der Waals surface area contributed by atoms with Crippen LogP contribution in [-0.2, 0) is 0 Å². The van der Waals surface area contributed by atoms with Crippen LogP contribution >= 0.6 is 0 Å². The normalized spacial score (nSPS) is 24.5. The lowest BCUT2D eigenvalue weighted by atomic mass is 10.0. The van der Waals surface area contributed by atoms with Crippen molar-refractivity contribution in [2.75, 3.05) is 18.8 Å². The summed E-state index contributed by atoms with van der Waals surface area (Å²) >= 11 is 0. The van der Waals surface area contributed by atoms with Crippen molar-refractivity contribution in [3.8, 4) is 5.75 Å². The molecule has 1 aliphatic carbocycles. The Hall–Kier alpha value is -2.71. The first-order valence-electron chi connectivity index (χ1n) is 9.15. The minimum absolute atomic E-state index is 0.0458. The van der Waals surface area contributed by atoms with Crippen molar-refractivity contribution >= 4 is 17.7 Å². The summed E-state index contributed by atoms with van der Waals surface area (Å²) < 4.78 is 47.0. The summed E-state index contributed by atoms with van der Waals surface area (Å²) in [5.74, 6) is -2.78. The van der Waals surface area contributed by atoms with Crippen LogP contribution in [0.2, 0.25) is 0 Å². The number of aliphatic imine (C=N–C) groups is 1. The molecule has 9 heteroatoms. The molecule has 0 spiro atoms. The maximum Gasteiger partial charge on any atom is 0.266 e. The molecule has 28 heavy (non-hydrogen) atoms. The van der Waals surface area contributed by atoms with Crippen molar-refractivity contribution in [1.82, 2.24) is 10.2 Å². The molecule has 2 aliphatic heterocycles. The van der Waals surface area contributed by atoms with E-state index in [0.717, 1.165) is 18.9 Å². The molecule has 1 saturated heterocycles. The Morgan fingerprint density at radius 1 is 1.36 bits per heavy atom. The van der Waals surface area contributed by atoms with Gasteiger partial charge in [0.2, 0.25) is 0 Å².